The van der Waals surface area contributed by atoms with Gasteiger partial charge in [0.1, 0.15) is 11.3 Å². The third-order valence-corrected chi connectivity index (χ3v) is 4.28. The fourth-order valence-corrected chi connectivity index (χ4v) is 2.96. The van der Waals surface area contributed by atoms with Crippen LogP contribution in [0, 0.1) is 5.82 Å². The minimum Gasteiger partial charge on any atom is -0.296 e. The van der Waals surface area contributed by atoms with Gasteiger partial charge in [-0.3, -0.25) is 10.1 Å². The van der Waals surface area contributed by atoms with Crippen molar-refractivity contribution in [2.45, 2.75) is 0 Å². The lowest BCUT2D eigenvalue weighted by atomic mass is 10.2. The molecule has 0 aliphatic rings. The van der Waals surface area contributed by atoms with Crippen molar-refractivity contribution in [3.05, 3.63) is 52.6 Å². The molecule has 100 valence electrons. The largest absolute Gasteiger partial charge is 0.296 e. The molecule has 2 aromatic heterocycles. The van der Waals surface area contributed by atoms with Crippen molar-refractivity contribution in [2.75, 3.05) is 5.32 Å². The number of nitrogens with zero attached hydrogens (tertiary/aromatic N) is 2. The first kappa shape index (κ1) is 12.9. The Morgan fingerprint density at radius 3 is 2.65 bits per heavy atom. The number of benzene rings is 1. The molecule has 0 aliphatic carbocycles. The van der Waals surface area contributed by atoms with Crippen LogP contribution in [0.2, 0.25) is 0 Å². The highest BCUT2D eigenvalue weighted by atomic mass is 32.1. The fourth-order valence-electron chi connectivity index (χ4n) is 1.62. The van der Waals surface area contributed by atoms with Crippen LogP contribution in [0.1, 0.15) is 9.67 Å². The summed E-state index contributed by atoms with van der Waals surface area (Å²) in [6, 6.07) is 9.75. The number of amides is 1. The summed E-state index contributed by atoms with van der Waals surface area (Å²) in [5.41, 5.74) is 2.43. The second-order valence-corrected chi connectivity index (χ2v) is 5.79. The van der Waals surface area contributed by atoms with Gasteiger partial charge in [0.25, 0.3) is 5.91 Å². The highest BCUT2D eigenvalue weighted by Crippen LogP contribution is 2.28. The van der Waals surface area contributed by atoms with Crippen molar-refractivity contribution in [3.63, 3.8) is 0 Å². The van der Waals surface area contributed by atoms with E-state index in [1.165, 1.54) is 34.8 Å². The van der Waals surface area contributed by atoms with E-state index in [0.29, 0.717) is 10.0 Å². The number of carbonyl (C=O) groups excluding carboxylic acids is 1. The molecule has 0 saturated heterocycles. The Morgan fingerprint density at radius 2 is 1.95 bits per heavy atom. The van der Waals surface area contributed by atoms with Crippen LogP contribution in [0.4, 0.5) is 9.52 Å². The Bertz CT molecular complexity index is 722. The maximum absolute atomic E-state index is 12.9. The molecule has 20 heavy (non-hydrogen) atoms. The van der Waals surface area contributed by atoms with E-state index >= 15 is 0 Å². The molecule has 0 radical (unpaired) electrons. The fraction of sp³-hybridized carbons (Fsp3) is 0. The summed E-state index contributed by atoms with van der Waals surface area (Å²) in [4.78, 5) is 13.5. The van der Waals surface area contributed by atoms with E-state index in [-0.39, 0.29) is 11.7 Å². The van der Waals surface area contributed by atoms with Gasteiger partial charge in [-0.2, -0.15) is 0 Å². The predicted molar refractivity (Wildman–Crippen MR) is 77.6 cm³/mol. The predicted octanol–water partition coefficient (Wildman–Crippen LogP) is 3.66. The molecule has 1 amide bonds. The van der Waals surface area contributed by atoms with Crippen molar-refractivity contribution in [2.24, 2.45) is 0 Å². The molecule has 4 nitrogen and oxygen atoms in total. The summed E-state index contributed by atoms with van der Waals surface area (Å²) in [5, 5.41) is 10.5. The molecule has 7 heteroatoms. The molecular formula is C13H8FN3OS2. The van der Waals surface area contributed by atoms with Gasteiger partial charge in [0, 0.05) is 4.88 Å². The second-order valence-electron chi connectivity index (χ2n) is 3.87. The lowest BCUT2D eigenvalue weighted by Crippen LogP contribution is -2.09. The van der Waals surface area contributed by atoms with E-state index in [9.17, 15) is 9.18 Å². The summed E-state index contributed by atoms with van der Waals surface area (Å²) in [7, 11) is 0. The van der Waals surface area contributed by atoms with Gasteiger partial charge in [-0.1, -0.05) is 23.5 Å². The number of anilines is 1. The number of rotatable bonds is 3. The molecular weight excluding hydrogens is 297 g/mol. The maximum Gasteiger partial charge on any atom is 0.267 e. The van der Waals surface area contributed by atoms with Crippen LogP contribution in [0.15, 0.2) is 41.9 Å². The van der Waals surface area contributed by atoms with Crippen molar-refractivity contribution in [1.82, 2.24) is 10.2 Å². The maximum atomic E-state index is 12.9. The third-order valence-electron chi connectivity index (χ3n) is 2.54. The van der Waals surface area contributed by atoms with Crippen molar-refractivity contribution < 1.29 is 9.18 Å². The molecule has 0 fully saturated rings. The van der Waals surface area contributed by atoms with Gasteiger partial charge < -0.3 is 0 Å². The first-order valence-corrected chi connectivity index (χ1v) is 7.35. The zero-order valence-corrected chi connectivity index (χ0v) is 11.7. The number of hydrogen-bond acceptors (Lipinski definition) is 5. The second kappa shape index (κ2) is 5.48. The molecule has 0 atom stereocenters. The number of hydrogen-bond donors (Lipinski definition) is 1. The molecule has 0 bridgehead atoms. The van der Waals surface area contributed by atoms with Gasteiger partial charge in [0.2, 0.25) is 5.13 Å². The number of aromatic nitrogens is 2. The van der Waals surface area contributed by atoms with Gasteiger partial charge in [-0.25, -0.2) is 4.39 Å². The van der Waals surface area contributed by atoms with E-state index in [0.717, 1.165) is 10.4 Å². The van der Waals surface area contributed by atoms with Crippen LogP contribution in [0.5, 0.6) is 0 Å². The lowest BCUT2D eigenvalue weighted by Gasteiger charge is -1.98. The van der Waals surface area contributed by atoms with Gasteiger partial charge in [0.05, 0.1) is 4.88 Å². The molecule has 2 heterocycles. The standard InChI is InChI=1S/C13H8FN3OS2/c14-9-3-1-8(2-4-9)10-5-6-11(20-10)12(18)16-13-17-15-7-19-13/h1-7H,(H,16,17,18). The van der Waals surface area contributed by atoms with Crippen molar-refractivity contribution >= 4 is 33.7 Å². The molecule has 0 aliphatic heterocycles. The summed E-state index contributed by atoms with van der Waals surface area (Å²) in [5.74, 6) is -0.500. The summed E-state index contributed by atoms with van der Waals surface area (Å²) in [6.45, 7) is 0. The summed E-state index contributed by atoms with van der Waals surface area (Å²) < 4.78 is 12.9. The van der Waals surface area contributed by atoms with E-state index in [1.807, 2.05) is 6.07 Å². The molecule has 1 aromatic carbocycles. The molecule has 3 aromatic rings. The van der Waals surface area contributed by atoms with Gasteiger partial charge >= 0.3 is 0 Å². The first-order chi connectivity index (χ1) is 9.72. The van der Waals surface area contributed by atoms with Crippen LogP contribution in [0.25, 0.3) is 10.4 Å². The zero-order chi connectivity index (χ0) is 13.9. The molecule has 3 rings (SSSR count). The lowest BCUT2D eigenvalue weighted by molar-refractivity contribution is 0.103. The minimum absolute atomic E-state index is 0.222. The highest BCUT2D eigenvalue weighted by Gasteiger charge is 2.11. The molecule has 0 saturated carbocycles. The normalized spacial score (nSPS) is 10.4. The number of carbonyl (C=O) groups is 1. The Hall–Kier alpha value is -2.12. The zero-order valence-electron chi connectivity index (χ0n) is 10.0. The third kappa shape index (κ3) is 2.73. The molecule has 0 spiro atoms. The van der Waals surface area contributed by atoms with E-state index in [2.05, 4.69) is 15.5 Å². The van der Waals surface area contributed by atoms with Crippen LogP contribution in [0.3, 0.4) is 0 Å². The average molecular weight is 305 g/mol. The van der Waals surface area contributed by atoms with Crippen LogP contribution >= 0.6 is 22.7 Å². The van der Waals surface area contributed by atoms with Crippen molar-refractivity contribution in [1.29, 1.82) is 0 Å². The summed E-state index contributed by atoms with van der Waals surface area (Å²) >= 11 is 2.60. The van der Waals surface area contributed by atoms with Gasteiger partial charge in [-0.15, -0.1) is 21.5 Å². The Labute approximate surface area is 121 Å². The Kier molecular flexibility index (Phi) is 3.53. The topological polar surface area (TPSA) is 54.9 Å². The average Bonchev–Trinajstić information content (AvgIpc) is 3.10. The number of nitrogens with one attached hydrogen (secondary N) is 1. The quantitative estimate of drug-likeness (QED) is 0.803. The van der Waals surface area contributed by atoms with E-state index < -0.39 is 0 Å². The molecule has 1 N–H and O–H groups in total. The smallest absolute Gasteiger partial charge is 0.267 e. The monoisotopic (exact) mass is 305 g/mol. The van der Waals surface area contributed by atoms with Gasteiger partial charge in [0.15, 0.2) is 0 Å². The first-order valence-electron chi connectivity index (χ1n) is 5.66. The van der Waals surface area contributed by atoms with Crippen molar-refractivity contribution in [3.8, 4) is 10.4 Å². The number of thiophene rings is 1. The van der Waals surface area contributed by atoms with E-state index in [4.69, 9.17) is 0 Å². The van der Waals surface area contributed by atoms with E-state index in [1.54, 1.807) is 23.7 Å². The SMILES string of the molecule is O=C(Nc1nncs1)c1ccc(-c2ccc(F)cc2)s1. The van der Waals surface area contributed by atoms with Crippen LogP contribution in [-0.2, 0) is 0 Å². The Morgan fingerprint density at radius 1 is 1.15 bits per heavy atom. The van der Waals surface area contributed by atoms with Crippen LogP contribution < -0.4 is 5.32 Å². The Balaban J connectivity index is 1.79. The van der Waals surface area contributed by atoms with Gasteiger partial charge in [-0.05, 0) is 29.8 Å². The highest BCUT2D eigenvalue weighted by molar-refractivity contribution is 7.17. The molecule has 0 unspecified atom stereocenters. The minimum atomic E-state index is -0.278. The number of halogens is 1. The summed E-state index contributed by atoms with van der Waals surface area (Å²) in [6.07, 6.45) is 0. The van der Waals surface area contributed by atoms with Crippen LogP contribution in [-0.4, -0.2) is 16.1 Å².